The van der Waals surface area contributed by atoms with Crippen molar-refractivity contribution in [1.82, 2.24) is 5.32 Å². The van der Waals surface area contributed by atoms with Crippen molar-refractivity contribution >= 4 is 15.9 Å². The van der Waals surface area contributed by atoms with Crippen molar-refractivity contribution < 1.29 is 4.39 Å². The second-order valence-electron chi connectivity index (χ2n) is 5.61. The minimum absolute atomic E-state index is 0.144. The zero-order valence-electron chi connectivity index (χ0n) is 12.4. The molecule has 0 fully saturated rings. The molecule has 3 heteroatoms. The maximum absolute atomic E-state index is 14.1. The lowest BCUT2D eigenvalue weighted by Gasteiger charge is -2.20. The fourth-order valence-electron chi connectivity index (χ4n) is 2.36. The molecule has 0 aliphatic heterocycles. The molecular weight excluding hydrogens is 329 g/mol. The fourth-order valence-corrected chi connectivity index (χ4v) is 2.70. The highest BCUT2D eigenvalue weighted by molar-refractivity contribution is 9.10. The Balaban J connectivity index is 2.19. The molecular formula is C18H21BrFN. The number of hydrogen-bond acceptors (Lipinski definition) is 1. The van der Waals surface area contributed by atoms with Crippen molar-refractivity contribution in [1.29, 1.82) is 0 Å². The molecule has 0 aliphatic carbocycles. The third kappa shape index (κ3) is 4.94. The summed E-state index contributed by atoms with van der Waals surface area (Å²) in [5.74, 6) is 0.124. The Morgan fingerprint density at radius 3 is 2.43 bits per heavy atom. The molecule has 1 atom stereocenters. The van der Waals surface area contributed by atoms with Crippen LogP contribution in [0, 0.1) is 5.82 Å². The topological polar surface area (TPSA) is 12.0 Å². The Bertz CT molecular complexity index is 569. The van der Waals surface area contributed by atoms with Crippen LogP contribution in [0.5, 0.6) is 0 Å². The fraction of sp³-hybridized carbons (Fsp3) is 0.333. The molecule has 21 heavy (non-hydrogen) atoms. The van der Waals surface area contributed by atoms with Crippen LogP contribution >= 0.6 is 15.9 Å². The van der Waals surface area contributed by atoms with Crippen LogP contribution in [0.4, 0.5) is 4.39 Å². The van der Waals surface area contributed by atoms with E-state index in [4.69, 9.17) is 0 Å². The maximum Gasteiger partial charge on any atom is 0.127 e. The molecule has 0 heterocycles. The van der Waals surface area contributed by atoms with Gasteiger partial charge in [0.1, 0.15) is 5.82 Å². The average Bonchev–Trinajstić information content (AvgIpc) is 2.46. The summed E-state index contributed by atoms with van der Waals surface area (Å²) in [7, 11) is 0. The van der Waals surface area contributed by atoms with Gasteiger partial charge in [-0.1, -0.05) is 66.2 Å². The van der Waals surface area contributed by atoms with Gasteiger partial charge in [0.25, 0.3) is 0 Å². The lowest BCUT2D eigenvalue weighted by atomic mass is 9.91. The number of rotatable bonds is 6. The summed E-state index contributed by atoms with van der Waals surface area (Å²) < 4.78 is 14.9. The summed E-state index contributed by atoms with van der Waals surface area (Å²) in [5.41, 5.74) is 2.01. The normalized spacial score (nSPS) is 12.6. The Hall–Kier alpha value is -1.19. The van der Waals surface area contributed by atoms with Crippen LogP contribution < -0.4 is 5.32 Å². The van der Waals surface area contributed by atoms with E-state index in [-0.39, 0.29) is 11.7 Å². The molecule has 1 unspecified atom stereocenters. The molecule has 2 aromatic carbocycles. The van der Waals surface area contributed by atoms with Crippen molar-refractivity contribution in [2.75, 3.05) is 6.54 Å². The SMILES string of the molecule is CC(C)NCC(Cc1ccc(Br)cc1F)c1ccccc1. The van der Waals surface area contributed by atoms with Crippen LogP contribution in [-0.2, 0) is 6.42 Å². The third-order valence-electron chi connectivity index (χ3n) is 3.52. The van der Waals surface area contributed by atoms with E-state index in [1.807, 2.05) is 30.3 Å². The van der Waals surface area contributed by atoms with E-state index in [2.05, 4.69) is 47.2 Å². The maximum atomic E-state index is 14.1. The first-order valence-electron chi connectivity index (χ1n) is 7.28. The van der Waals surface area contributed by atoms with Crippen LogP contribution in [0.15, 0.2) is 53.0 Å². The van der Waals surface area contributed by atoms with Gasteiger partial charge in [-0.25, -0.2) is 4.39 Å². The number of halogens is 2. The van der Waals surface area contributed by atoms with Gasteiger partial charge < -0.3 is 5.32 Å². The molecule has 112 valence electrons. The standard InChI is InChI=1S/C18H21BrFN/c1-13(2)21-12-16(14-6-4-3-5-7-14)10-15-8-9-17(19)11-18(15)20/h3-9,11,13,16,21H,10,12H2,1-2H3. The first-order chi connectivity index (χ1) is 10.1. The zero-order chi connectivity index (χ0) is 15.2. The molecule has 2 aromatic rings. The van der Waals surface area contributed by atoms with Crippen LogP contribution in [0.1, 0.15) is 30.9 Å². The van der Waals surface area contributed by atoms with Gasteiger partial charge in [0.05, 0.1) is 0 Å². The smallest absolute Gasteiger partial charge is 0.127 e. The van der Waals surface area contributed by atoms with Crippen molar-refractivity contribution in [3.05, 3.63) is 69.9 Å². The predicted molar refractivity (Wildman–Crippen MR) is 90.1 cm³/mol. The number of benzene rings is 2. The molecule has 1 nitrogen and oxygen atoms in total. The molecule has 0 aromatic heterocycles. The first-order valence-corrected chi connectivity index (χ1v) is 8.08. The minimum Gasteiger partial charge on any atom is -0.314 e. The molecule has 0 saturated carbocycles. The van der Waals surface area contributed by atoms with E-state index in [1.54, 1.807) is 0 Å². The van der Waals surface area contributed by atoms with Gasteiger partial charge in [-0.3, -0.25) is 0 Å². The van der Waals surface area contributed by atoms with E-state index in [0.29, 0.717) is 12.5 Å². The Morgan fingerprint density at radius 2 is 1.81 bits per heavy atom. The summed E-state index contributed by atoms with van der Waals surface area (Å²) in [4.78, 5) is 0. The van der Waals surface area contributed by atoms with E-state index >= 15 is 0 Å². The van der Waals surface area contributed by atoms with Gasteiger partial charge in [-0.05, 0) is 29.7 Å². The van der Waals surface area contributed by atoms with Crippen LogP contribution in [-0.4, -0.2) is 12.6 Å². The van der Waals surface area contributed by atoms with Gasteiger partial charge >= 0.3 is 0 Å². The van der Waals surface area contributed by atoms with Crippen LogP contribution in [0.25, 0.3) is 0 Å². The van der Waals surface area contributed by atoms with Gasteiger partial charge in [-0.15, -0.1) is 0 Å². The van der Waals surface area contributed by atoms with Crippen molar-refractivity contribution in [3.63, 3.8) is 0 Å². The first kappa shape index (κ1) is 16.2. The monoisotopic (exact) mass is 349 g/mol. The quantitative estimate of drug-likeness (QED) is 0.780. The Labute approximate surface area is 134 Å². The predicted octanol–water partition coefficient (Wildman–Crippen LogP) is 4.91. The Kier molecular flexibility index (Phi) is 5.95. The van der Waals surface area contributed by atoms with Gasteiger partial charge in [-0.2, -0.15) is 0 Å². The summed E-state index contributed by atoms with van der Waals surface area (Å²) in [6, 6.07) is 16.0. The van der Waals surface area contributed by atoms with Crippen LogP contribution in [0.2, 0.25) is 0 Å². The summed E-state index contributed by atoms with van der Waals surface area (Å²) >= 11 is 3.30. The molecule has 0 aliphatic rings. The van der Waals surface area contributed by atoms with E-state index in [0.717, 1.165) is 16.6 Å². The molecule has 2 rings (SSSR count). The Morgan fingerprint density at radius 1 is 1.10 bits per heavy atom. The van der Waals surface area contributed by atoms with Crippen molar-refractivity contribution in [3.8, 4) is 0 Å². The summed E-state index contributed by atoms with van der Waals surface area (Å²) in [6.07, 6.45) is 0.697. The lowest BCUT2D eigenvalue weighted by molar-refractivity contribution is 0.517. The van der Waals surface area contributed by atoms with E-state index in [9.17, 15) is 4.39 Å². The van der Waals surface area contributed by atoms with E-state index < -0.39 is 0 Å². The molecule has 0 saturated heterocycles. The second kappa shape index (κ2) is 7.71. The van der Waals surface area contributed by atoms with Gasteiger partial charge in [0, 0.05) is 23.0 Å². The zero-order valence-corrected chi connectivity index (χ0v) is 14.0. The molecule has 0 bridgehead atoms. The molecule has 1 N–H and O–H groups in total. The summed E-state index contributed by atoms with van der Waals surface area (Å²) in [6.45, 7) is 5.10. The van der Waals surface area contributed by atoms with E-state index in [1.165, 1.54) is 11.6 Å². The highest BCUT2D eigenvalue weighted by Crippen LogP contribution is 2.24. The number of hydrogen-bond donors (Lipinski definition) is 1. The lowest BCUT2D eigenvalue weighted by Crippen LogP contribution is -2.29. The molecule has 0 radical (unpaired) electrons. The van der Waals surface area contributed by atoms with Crippen molar-refractivity contribution in [2.24, 2.45) is 0 Å². The van der Waals surface area contributed by atoms with Gasteiger partial charge in [0.15, 0.2) is 0 Å². The molecule has 0 amide bonds. The second-order valence-corrected chi connectivity index (χ2v) is 6.53. The third-order valence-corrected chi connectivity index (χ3v) is 4.02. The van der Waals surface area contributed by atoms with Crippen LogP contribution in [0.3, 0.4) is 0 Å². The van der Waals surface area contributed by atoms with Gasteiger partial charge in [0.2, 0.25) is 0 Å². The number of nitrogens with one attached hydrogen (secondary N) is 1. The van der Waals surface area contributed by atoms with Crippen molar-refractivity contribution in [2.45, 2.75) is 32.2 Å². The minimum atomic E-state index is -0.144. The highest BCUT2D eigenvalue weighted by atomic mass is 79.9. The molecule has 0 spiro atoms. The largest absolute Gasteiger partial charge is 0.314 e. The highest BCUT2D eigenvalue weighted by Gasteiger charge is 2.15. The average molecular weight is 350 g/mol. The summed E-state index contributed by atoms with van der Waals surface area (Å²) in [5, 5.41) is 3.46.